The fourth-order valence-corrected chi connectivity index (χ4v) is 0.668. The van der Waals surface area contributed by atoms with E-state index >= 15 is 0 Å². The fourth-order valence-electron chi connectivity index (χ4n) is 0.668. The topological polar surface area (TPSA) is 42.0 Å². The Hall–Kier alpha value is -0.120. The number of unbranched alkanes of at least 4 members (excludes halogenated alkanes) is 1. The van der Waals surface area contributed by atoms with Crippen molar-refractivity contribution in [3.8, 4) is 0 Å². The summed E-state index contributed by atoms with van der Waals surface area (Å²) in [5.41, 5.74) is 0. The molecule has 2 heterocycles. The molecule has 1 N–H and O–H groups in total. The van der Waals surface area contributed by atoms with Gasteiger partial charge in [0.1, 0.15) is 0 Å². The Morgan fingerprint density at radius 3 is 1.62 bits per heavy atom. The molecule has 2 aliphatic heterocycles. The number of epoxide rings is 1. The number of hydrogen-bond acceptors (Lipinski definition) is 3. The average molecular weight is 190 g/mol. The summed E-state index contributed by atoms with van der Waals surface area (Å²) in [4.78, 5) is 0. The van der Waals surface area contributed by atoms with Crippen LogP contribution in [0.3, 0.4) is 0 Å². The van der Waals surface area contributed by atoms with E-state index in [0.717, 1.165) is 39.3 Å². The van der Waals surface area contributed by atoms with Crippen LogP contribution in [0.15, 0.2) is 0 Å². The van der Waals surface area contributed by atoms with Gasteiger partial charge in [-0.25, -0.2) is 0 Å². The molecule has 0 atom stereocenters. The Morgan fingerprint density at radius 1 is 1.00 bits per heavy atom. The zero-order valence-corrected chi connectivity index (χ0v) is 8.63. The number of rotatable bonds is 2. The molecule has 2 aliphatic rings. The molecule has 0 aromatic carbocycles. The van der Waals surface area contributed by atoms with Gasteiger partial charge in [-0.2, -0.15) is 0 Å². The molecule has 0 radical (unpaired) electrons. The van der Waals surface area contributed by atoms with Crippen molar-refractivity contribution < 1.29 is 14.6 Å². The molecule has 0 unspecified atom stereocenters. The summed E-state index contributed by atoms with van der Waals surface area (Å²) >= 11 is 0. The van der Waals surface area contributed by atoms with Crippen molar-refractivity contribution in [3.63, 3.8) is 0 Å². The third-order valence-electron chi connectivity index (χ3n) is 1.54. The molecule has 2 saturated heterocycles. The van der Waals surface area contributed by atoms with Crippen LogP contribution in [0.25, 0.3) is 0 Å². The third kappa shape index (κ3) is 18.7. The molecular formula is C10H22O3. The summed E-state index contributed by atoms with van der Waals surface area (Å²) in [6, 6.07) is 0. The maximum atomic E-state index is 8.07. The van der Waals surface area contributed by atoms with Crippen LogP contribution in [0, 0.1) is 0 Å². The molecule has 2 fully saturated rings. The summed E-state index contributed by atoms with van der Waals surface area (Å²) in [5.74, 6) is 0. The van der Waals surface area contributed by atoms with Gasteiger partial charge in [0.15, 0.2) is 0 Å². The molecule has 3 heteroatoms. The summed E-state index contributed by atoms with van der Waals surface area (Å²) in [5, 5.41) is 8.07. The van der Waals surface area contributed by atoms with Crippen LogP contribution in [0.5, 0.6) is 0 Å². The zero-order chi connectivity index (χ0) is 9.78. The van der Waals surface area contributed by atoms with Crippen LogP contribution in [0.1, 0.15) is 32.6 Å². The lowest BCUT2D eigenvalue weighted by Gasteiger charge is -1.79. The van der Waals surface area contributed by atoms with Gasteiger partial charge in [0.25, 0.3) is 0 Å². The molecule has 80 valence electrons. The molecule has 3 nitrogen and oxygen atoms in total. The van der Waals surface area contributed by atoms with Crippen LogP contribution >= 0.6 is 0 Å². The first-order valence-corrected chi connectivity index (χ1v) is 5.18. The van der Waals surface area contributed by atoms with Crippen LogP contribution < -0.4 is 0 Å². The van der Waals surface area contributed by atoms with Gasteiger partial charge in [0, 0.05) is 19.8 Å². The molecule has 0 spiro atoms. The van der Waals surface area contributed by atoms with Crippen molar-refractivity contribution in [2.75, 3.05) is 33.0 Å². The lowest BCUT2D eigenvalue weighted by Crippen LogP contribution is -1.75. The second kappa shape index (κ2) is 11.9. The van der Waals surface area contributed by atoms with Gasteiger partial charge in [-0.15, -0.1) is 0 Å². The molecular weight excluding hydrogens is 168 g/mol. The number of ether oxygens (including phenoxy) is 2. The van der Waals surface area contributed by atoms with E-state index < -0.39 is 0 Å². The first-order valence-electron chi connectivity index (χ1n) is 5.18. The molecule has 2 rings (SSSR count). The van der Waals surface area contributed by atoms with Crippen molar-refractivity contribution in [1.29, 1.82) is 0 Å². The standard InChI is InChI=1S/C4H8O.C4H10O.C2H4O/c1-2-4-5-3-1;1-2-3-4-5;1-2-3-1/h1-4H2;5H,2-4H2,1H3;1-2H2. The van der Waals surface area contributed by atoms with E-state index in [1.165, 1.54) is 12.8 Å². The molecule has 0 saturated carbocycles. The highest BCUT2D eigenvalue weighted by Gasteiger charge is 1.94. The summed E-state index contributed by atoms with van der Waals surface area (Å²) in [6.07, 6.45) is 4.59. The van der Waals surface area contributed by atoms with E-state index in [0.29, 0.717) is 6.61 Å². The minimum absolute atomic E-state index is 0.344. The van der Waals surface area contributed by atoms with E-state index in [2.05, 4.69) is 11.7 Å². The van der Waals surface area contributed by atoms with Crippen LogP contribution in [0.2, 0.25) is 0 Å². The van der Waals surface area contributed by atoms with E-state index in [1.807, 2.05) is 0 Å². The Kier molecular flexibility index (Phi) is 11.8. The Morgan fingerprint density at radius 2 is 1.54 bits per heavy atom. The van der Waals surface area contributed by atoms with Crippen molar-refractivity contribution in [1.82, 2.24) is 0 Å². The predicted molar refractivity (Wildman–Crippen MR) is 52.9 cm³/mol. The maximum absolute atomic E-state index is 8.07. The van der Waals surface area contributed by atoms with Gasteiger partial charge in [-0.3, -0.25) is 0 Å². The molecule has 0 aromatic heterocycles. The largest absolute Gasteiger partial charge is 0.396 e. The quantitative estimate of drug-likeness (QED) is 0.672. The maximum Gasteiger partial charge on any atom is 0.0701 e. The fraction of sp³-hybridized carbons (Fsp3) is 1.00. The summed E-state index contributed by atoms with van der Waals surface area (Å²) < 4.78 is 9.44. The van der Waals surface area contributed by atoms with Crippen molar-refractivity contribution in [3.05, 3.63) is 0 Å². The molecule has 0 aliphatic carbocycles. The Bertz CT molecular complexity index is 67.9. The number of aliphatic hydroxyl groups excluding tert-OH is 1. The highest BCUT2D eigenvalue weighted by atomic mass is 16.6. The molecule has 13 heavy (non-hydrogen) atoms. The Balaban J connectivity index is 0.000000171. The predicted octanol–water partition coefficient (Wildman–Crippen LogP) is 1.59. The van der Waals surface area contributed by atoms with Crippen LogP contribution in [-0.2, 0) is 9.47 Å². The van der Waals surface area contributed by atoms with E-state index in [1.54, 1.807) is 0 Å². The summed E-state index contributed by atoms with van der Waals surface area (Å²) in [6.45, 7) is 6.40. The first-order chi connectivity index (χ1) is 6.41. The third-order valence-corrected chi connectivity index (χ3v) is 1.54. The highest BCUT2D eigenvalue weighted by Crippen LogP contribution is 1.98. The first kappa shape index (κ1) is 12.9. The highest BCUT2D eigenvalue weighted by molar-refractivity contribution is 4.43. The van der Waals surface area contributed by atoms with Crippen molar-refractivity contribution >= 4 is 0 Å². The lowest BCUT2D eigenvalue weighted by molar-refractivity contribution is 0.198. The van der Waals surface area contributed by atoms with Gasteiger partial charge in [0.05, 0.1) is 13.2 Å². The van der Waals surface area contributed by atoms with Gasteiger partial charge in [-0.05, 0) is 19.3 Å². The van der Waals surface area contributed by atoms with E-state index in [9.17, 15) is 0 Å². The van der Waals surface area contributed by atoms with Crippen molar-refractivity contribution in [2.24, 2.45) is 0 Å². The Labute approximate surface area is 81.0 Å². The molecule has 0 aromatic rings. The number of hydrogen-bond donors (Lipinski definition) is 1. The zero-order valence-electron chi connectivity index (χ0n) is 8.63. The second-order valence-electron chi connectivity index (χ2n) is 3.01. The monoisotopic (exact) mass is 190 g/mol. The van der Waals surface area contributed by atoms with Crippen molar-refractivity contribution in [2.45, 2.75) is 32.6 Å². The SMILES string of the molecule is C1CCOC1.C1CO1.CCCCO. The van der Waals surface area contributed by atoms with E-state index in [-0.39, 0.29) is 0 Å². The van der Waals surface area contributed by atoms with Crippen LogP contribution in [0.4, 0.5) is 0 Å². The van der Waals surface area contributed by atoms with Gasteiger partial charge in [-0.1, -0.05) is 13.3 Å². The van der Waals surface area contributed by atoms with Gasteiger partial charge in [0.2, 0.25) is 0 Å². The van der Waals surface area contributed by atoms with Gasteiger partial charge < -0.3 is 14.6 Å². The average Bonchev–Trinajstić information content (AvgIpc) is 2.91. The smallest absolute Gasteiger partial charge is 0.0701 e. The molecule has 0 bridgehead atoms. The van der Waals surface area contributed by atoms with Gasteiger partial charge >= 0.3 is 0 Å². The minimum Gasteiger partial charge on any atom is -0.396 e. The normalized spacial score (nSPS) is 18.0. The lowest BCUT2D eigenvalue weighted by atomic mass is 10.4. The van der Waals surface area contributed by atoms with E-state index in [4.69, 9.17) is 9.84 Å². The minimum atomic E-state index is 0.344. The number of aliphatic hydroxyl groups is 1. The summed E-state index contributed by atoms with van der Waals surface area (Å²) in [7, 11) is 0. The second-order valence-corrected chi connectivity index (χ2v) is 3.01. The van der Waals surface area contributed by atoms with Crippen LogP contribution in [-0.4, -0.2) is 38.1 Å². The molecule has 0 amide bonds.